The summed E-state index contributed by atoms with van der Waals surface area (Å²) in [7, 11) is 3.58. The monoisotopic (exact) mass is 102 g/mol. The zero-order valence-corrected chi connectivity index (χ0v) is 4.90. The summed E-state index contributed by atoms with van der Waals surface area (Å²) in [5.74, 6) is 0. The molecule has 0 rings (SSSR count). The van der Waals surface area contributed by atoms with E-state index in [0.717, 1.165) is 13.0 Å². The van der Waals surface area contributed by atoms with Gasteiger partial charge in [0.15, 0.2) is 0 Å². The Morgan fingerprint density at radius 1 is 1.71 bits per heavy atom. The van der Waals surface area contributed by atoms with Crippen LogP contribution in [-0.2, 0) is 4.74 Å². The minimum Gasteiger partial charge on any atom is -0.385 e. The Labute approximate surface area is 44.9 Å². The third-order valence-electron chi connectivity index (χ3n) is 0.670. The molecular weight excluding hydrogens is 90.1 g/mol. The highest BCUT2D eigenvalue weighted by atomic mass is 16.5. The average molecular weight is 102 g/mol. The van der Waals surface area contributed by atoms with E-state index >= 15 is 0 Å². The van der Waals surface area contributed by atoms with Gasteiger partial charge in [-0.15, -0.1) is 0 Å². The molecule has 0 amide bonds. The Hall–Kier alpha value is -0.0800. The summed E-state index contributed by atoms with van der Waals surface area (Å²) in [4.78, 5) is 0. The van der Waals surface area contributed by atoms with Crippen molar-refractivity contribution >= 4 is 0 Å². The molecule has 0 aromatic carbocycles. The van der Waals surface area contributed by atoms with Crippen LogP contribution in [0.4, 0.5) is 0 Å². The first-order valence-electron chi connectivity index (χ1n) is 2.39. The Morgan fingerprint density at radius 2 is 2.43 bits per heavy atom. The first-order valence-corrected chi connectivity index (χ1v) is 2.39. The highest BCUT2D eigenvalue weighted by Gasteiger charge is 1.79. The molecule has 0 atom stereocenters. The summed E-state index contributed by atoms with van der Waals surface area (Å²) in [6.07, 6.45) is 0.979. The van der Waals surface area contributed by atoms with E-state index in [1.54, 1.807) is 7.11 Å². The van der Waals surface area contributed by atoms with Gasteiger partial charge >= 0.3 is 0 Å². The van der Waals surface area contributed by atoms with Crippen molar-refractivity contribution in [3.63, 3.8) is 0 Å². The fraction of sp³-hybridized carbons (Fsp3) is 0.800. The van der Waals surface area contributed by atoms with Crippen LogP contribution in [0.2, 0.25) is 0 Å². The molecule has 0 saturated carbocycles. The fourth-order valence-electron chi connectivity index (χ4n) is 0.321. The molecule has 1 radical (unpaired) electrons. The number of hydrogen-bond acceptors (Lipinski definition) is 2. The van der Waals surface area contributed by atoms with Gasteiger partial charge in [-0.2, -0.15) is 0 Å². The van der Waals surface area contributed by atoms with E-state index in [-0.39, 0.29) is 0 Å². The predicted octanol–water partition coefficient (Wildman–Crippen LogP) is 0.404. The number of rotatable bonds is 4. The van der Waals surface area contributed by atoms with Crippen molar-refractivity contribution in [3.05, 3.63) is 6.54 Å². The van der Waals surface area contributed by atoms with E-state index in [2.05, 4.69) is 5.32 Å². The third kappa shape index (κ3) is 5.92. The van der Waals surface area contributed by atoms with E-state index in [4.69, 9.17) is 4.74 Å². The Morgan fingerprint density at radius 3 is 2.86 bits per heavy atom. The maximum Gasteiger partial charge on any atom is 0.0477 e. The van der Waals surface area contributed by atoms with Crippen molar-refractivity contribution in [1.82, 2.24) is 5.32 Å². The molecule has 0 aliphatic carbocycles. The lowest BCUT2D eigenvalue weighted by Crippen LogP contribution is -2.02. The summed E-state index contributed by atoms with van der Waals surface area (Å²) < 4.78 is 4.77. The van der Waals surface area contributed by atoms with Crippen molar-refractivity contribution in [1.29, 1.82) is 0 Å². The Bertz CT molecular complexity index is 27.3. The maximum atomic E-state index is 4.77. The van der Waals surface area contributed by atoms with E-state index < -0.39 is 0 Å². The molecule has 0 heterocycles. The number of ether oxygens (including phenoxy) is 1. The van der Waals surface area contributed by atoms with Crippen molar-refractivity contribution in [2.45, 2.75) is 6.42 Å². The molecule has 0 bridgehead atoms. The zero-order chi connectivity index (χ0) is 5.54. The maximum absolute atomic E-state index is 4.77. The first-order chi connectivity index (χ1) is 3.41. The van der Waals surface area contributed by atoms with Crippen molar-refractivity contribution in [3.8, 4) is 0 Å². The minimum absolute atomic E-state index is 0.806. The summed E-state index contributed by atoms with van der Waals surface area (Å²) in [6, 6.07) is 0. The van der Waals surface area contributed by atoms with Crippen LogP contribution in [0.1, 0.15) is 6.42 Å². The average Bonchev–Trinajstić information content (AvgIpc) is 1.69. The van der Waals surface area contributed by atoms with E-state index in [1.807, 2.05) is 13.6 Å². The molecule has 2 heteroatoms. The molecule has 0 aromatic rings. The molecule has 0 aliphatic heterocycles. The van der Waals surface area contributed by atoms with Gasteiger partial charge in [0.25, 0.3) is 0 Å². The molecule has 0 saturated heterocycles. The van der Waals surface area contributed by atoms with Crippen LogP contribution in [0.15, 0.2) is 0 Å². The number of hydrogen-bond donors (Lipinski definition) is 1. The lowest BCUT2D eigenvalue weighted by molar-refractivity contribution is 0.200. The van der Waals surface area contributed by atoms with E-state index in [1.165, 1.54) is 0 Å². The zero-order valence-electron chi connectivity index (χ0n) is 4.90. The molecule has 0 spiro atoms. The highest BCUT2D eigenvalue weighted by Crippen LogP contribution is 1.79. The topological polar surface area (TPSA) is 21.3 Å². The second-order valence-corrected chi connectivity index (χ2v) is 1.27. The van der Waals surface area contributed by atoms with Gasteiger partial charge in [0, 0.05) is 20.3 Å². The van der Waals surface area contributed by atoms with Gasteiger partial charge in [0.2, 0.25) is 0 Å². The summed E-state index contributed by atoms with van der Waals surface area (Å²) in [5, 5.41) is 2.90. The van der Waals surface area contributed by atoms with Gasteiger partial charge in [-0.1, -0.05) is 0 Å². The molecule has 0 aromatic heterocycles. The van der Waals surface area contributed by atoms with Crippen LogP contribution in [0.3, 0.4) is 0 Å². The Kier molecular flexibility index (Phi) is 5.85. The van der Waals surface area contributed by atoms with Crippen LogP contribution in [0, 0.1) is 6.54 Å². The van der Waals surface area contributed by atoms with Crippen LogP contribution in [0.25, 0.3) is 0 Å². The van der Waals surface area contributed by atoms with Crippen LogP contribution in [-0.4, -0.2) is 20.8 Å². The fourth-order valence-corrected chi connectivity index (χ4v) is 0.321. The van der Waals surface area contributed by atoms with Crippen molar-refractivity contribution in [2.75, 3.05) is 20.8 Å². The van der Waals surface area contributed by atoms with Gasteiger partial charge in [0.1, 0.15) is 0 Å². The van der Waals surface area contributed by atoms with Crippen LogP contribution >= 0.6 is 0 Å². The standard InChI is InChI=1S/C5H12NO/c1-6-4-3-5-7-2/h4,6H,3,5H2,1-2H3. The van der Waals surface area contributed by atoms with Crippen molar-refractivity contribution < 1.29 is 4.74 Å². The van der Waals surface area contributed by atoms with Gasteiger partial charge in [-0.05, 0) is 13.5 Å². The quantitative estimate of drug-likeness (QED) is 0.519. The first kappa shape index (κ1) is 6.92. The van der Waals surface area contributed by atoms with E-state index in [9.17, 15) is 0 Å². The predicted molar refractivity (Wildman–Crippen MR) is 29.9 cm³/mol. The molecule has 2 nitrogen and oxygen atoms in total. The second kappa shape index (κ2) is 5.92. The highest BCUT2D eigenvalue weighted by molar-refractivity contribution is 4.54. The molecule has 0 aliphatic rings. The van der Waals surface area contributed by atoms with Gasteiger partial charge in [-0.3, -0.25) is 0 Å². The Balaban J connectivity index is 2.45. The van der Waals surface area contributed by atoms with Gasteiger partial charge < -0.3 is 10.1 Å². The third-order valence-corrected chi connectivity index (χ3v) is 0.670. The number of methoxy groups -OCH3 is 1. The minimum atomic E-state index is 0.806. The molecule has 7 heavy (non-hydrogen) atoms. The summed E-state index contributed by atoms with van der Waals surface area (Å²) in [6.45, 7) is 2.77. The lowest BCUT2D eigenvalue weighted by Gasteiger charge is -1.94. The number of nitrogens with one attached hydrogen (secondary N) is 1. The molecular formula is C5H12NO. The second-order valence-electron chi connectivity index (χ2n) is 1.27. The summed E-state index contributed by atoms with van der Waals surface area (Å²) in [5.41, 5.74) is 0. The van der Waals surface area contributed by atoms with Crippen LogP contribution < -0.4 is 5.32 Å². The SMILES string of the molecule is CN[CH]CCOC. The van der Waals surface area contributed by atoms with Crippen molar-refractivity contribution in [2.24, 2.45) is 0 Å². The molecule has 1 N–H and O–H groups in total. The smallest absolute Gasteiger partial charge is 0.0477 e. The van der Waals surface area contributed by atoms with Crippen LogP contribution in [0.5, 0.6) is 0 Å². The molecule has 43 valence electrons. The van der Waals surface area contributed by atoms with Gasteiger partial charge in [0.05, 0.1) is 0 Å². The van der Waals surface area contributed by atoms with Gasteiger partial charge in [-0.25, -0.2) is 0 Å². The largest absolute Gasteiger partial charge is 0.385 e. The summed E-state index contributed by atoms with van der Waals surface area (Å²) >= 11 is 0. The van der Waals surface area contributed by atoms with E-state index in [0.29, 0.717) is 0 Å². The molecule has 0 fully saturated rings. The normalized spacial score (nSPS) is 9.43. The lowest BCUT2D eigenvalue weighted by atomic mass is 10.5. The molecule has 0 unspecified atom stereocenters.